The van der Waals surface area contributed by atoms with E-state index in [4.69, 9.17) is 4.52 Å². The Morgan fingerprint density at radius 2 is 1.90 bits per heavy atom. The van der Waals surface area contributed by atoms with Crippen LogP contribution in [0.15, 0.2) is 10.9 Å². The summed E-state index contributed by atoms with van der Waals surface area (Å²) in [5.74, 6) is 3.17. The quantitative estimate of drug-likeness (QED) is 0.810. The van der Waals surface area contributed by atoms with Crippen LogP contribution in [0.4, 0.5) is 11.6 Å². The van der Waals surface area contributed by atoms with Crippen molar-refractivity contribution in [3.8, 4) is 0 Å². The Bertz CT molecular complexity index is 581. The molecule has 0 spiro atoms. The van der Waals surface area contributed by atoms with Crippen molar-refractivity contribution in [2.24, 2.45) is 0 Å². The van der Waals surface area contributed by atoms with Gasteiger partial charge >= 0.3 is 0 Å². The van der Waals surface area contributed by atoms with Gasteiger partial charge in [0, 0.05) is 19.0 Å². The van der Waals surface area contributed by atoms with Gasteiger partial charge in [-0.2, -0.15) is 4.98 Å². The molecule has 2 N–H and O–H groups in total. The van der Waals surface area contributed by atoms with E-state index >= 15 is 0 Å². The summed E-state index contributed by atoms with van der Waals surface area (Å²) in [6.07, 6.45) is 2.61. The van der Waals surface area contributed by atoms with Gasteiger partial charge in [0.2, 0.25) is 5.89 Å². The van der Waals surface area contributed by atoms with Crippen molar-refractivity contribution < 1.29 is 4.52 Å². The lowest BCUT2D eigenvalue weighted by molar-refractivity contribution is 0.388. The molecule has 0 amide bonds. The zero-order valence-electron chi connectivity index (χ0n) is 13.0. The maximum absolute atomic E-state index is 4.96. The fourth-order valence-corrected chi connectivity index (χ4v) is 2.04. The van der Waals surface area contributed by atoms with E-state index in [0.717, 1.165) is 30.2 Å². The number of hydrogen-bond acceptors (Lipinski definition) is 7. The van der Waals surface area contributed by atoms with Crippen LogP contribution in [-0.4, -0.2) is 26.7 Å². The molecular weight excluding hydrogens is 268 g/mol. The minimum Gasteiger partial charge on any atom is -0.370 e. The number of rotatable bonds is 7. The van der Waals surface area contributed by atoms with Crippen LogP contribution >= 0.6 is 0 Å². The fourth-order valence-electron chi connectivity index (χ4n) is 2.04. The van der Waals surface area contributed by atoms with Gasteiger partial charge in [-0.15, -0.1) is 0 Å². The number of nitrogens with one attached hydrogen (secondary N) is 2. The van der Waals surface area contributed by atoms with E-state index in [9.17, 15) is 0 Å². The Balaban J connectivity index is 2.17. The van der Waals surface area contributed by atoms with Gasteiger partial charge in [0.25, 0.3) is 0 Å². The van der Waals surface area contributed by atoms with Crippen molar-refractivity contribution in [3.63, 3.8) is 0 Å². The van der Waals surface area contributed by atoms with Gasteiger partial charge in [0.1, 0.15) is 18.0 Å². The Morgan fingerprint density at radius 3 is 2.48 bits per heavy atom. The maximum Gasteiger partial charge on any atom is 0.223 e. The van der Waals surface area contributed by atoms with Gasteiger partial charge in [-0.05, 0) is 12.3 Å². The van der Waals surface area contributed by atoms with Gasteiger partial charge in [0.05, 0.1) is 6.54 Å². The molecule has 2 aromatic heterocycles. The van der Waals surface area contributed by atoms with Crippen molar-refractivity contribution in [2.75, 3.05) is 17.2 Å². The van der Waals surface area contributed by atoms with E-state index in [-0.39, 0.29) is 0 Å². The highest BCUT2D eigenvalue weighted by atomic mass is 16.5. The molecule has 7 heteroatoms. The summed E-state index contributed by atoms with van der Waals surface area (Å²) < 4.78 is 4.96. The Morgan fingerprint density at radius 1 is 1.19 bits per heavy atom. The molecule has 0 aromatic carbocycles. The lowest BCUT2D eigenvalue weighted by Gasteiger charge is -2.17. The van der Waals surface area contributed by atoms with Crippen LogP contribution in [0.2, 0.25) is 0 Å². The van der Waals surface area contributed by atoms with E-state index in [1.807, 2.05) is 0 Å². The summed E-state index contributed by atoms with van der Waals surface area (Å²) in [6, 6.07) is 0. The number of nitrogens with zero attached hydrogens (tertiary/aromatic N) is 4. The number of anilines is 2. The minimum absolute atomic E-state index is 0.306. The van der Waals surface area contributed by atoms with E-state index < -0.39 is 0 Å². The van der Waals surface area contributed by atoms with Crippen LogP contribution in [0.3, 0.4) is 0 Å². The first-order valence-corrected chi connectivity index (χ1v) is 7.23. The van der Waals surface area contributed by atoms with E-state index in [2.05, 4.69) is 51.5 Å². The molecule has 0 aliphatic heterocycles. The first-order valence-electron chi connectivity index (χ1n) is 7.23. The Kier molecular flexibility index (Phi) is 5.08. The predicted octanol–water partition coefficient (Wildman–Crippen LogP) is 2.73. The molecule has 0 aliphatic carbocycles. The topological polar surface area (TPSA) is 88.8 Å². The third kappa shape index (κ3) is 3.90. The van der Waals surface area contributed by atoms with Gasteiger partial charge in [-0.25, -0.2) is 9.97 Å². The van der Waals surface area contributed by atoms with Crippen molar-refractivity contribution >= 4 is 11.6 Å². The molecule has 0 saturated heterocycles. The van der Waals surface area contributed by atoms with Crippen LogP contribution in [0.1, 0.15) is 50.4 Å². The smallest absolute Gasteiger partial charge is 0.223 e. The second-order valence-electron chi connectivity index (χ2n) is 5.15. The molecule has 0 atom stereocenters. The number of aromatic nitrogens is 4. The van der Waals surface area contributed by atoms with E-state index in [1.54, 1.807) is 13.3 Å². The predicted molar refractivity (Wildman–Crippen MR) is 81.3 cm³/mol. The molecule has 0 radical (unpaired) electrons. The standard InChI is InChI=1S/C14H22N6O/c1-5-6-15-13-12(9(2)3)14(18-8-17-13)16-7-11-19-10(4)21-20-11/h8-9H,5-7H2,1-4H3,(H2,15,16,17,18). The Hall–Kier alpha value is -2.18. The van der Waals surface area contributed by atoms with Gasteiger partial charge in [-0.1, -0.05) is 25.9 Å². The van der Waals surface area contributed by atoms with Crippen LogP contribution in [-0.2, 0) is 6.54 Å². The summed E-state index contributed by atoms with van der Waals surface area (Å²) in [6.45, 7) is 9.51. The minimum atomic E-state index is 0.306. The lowest BCUT2D eigenvalue weighted by Crippen LogP contribution is -2.12. The third-order valence-corrected chi connectivity index (χ3v) is 2.99. The zero-order valence-corrected chi connectivity index (χ0v) is 13.0. The van der Waals surface area contributed by atoms with Gasteiger partial charge in [0.15, 0.2) is 5.82 Å². The highest BCUT2D eigenvalue weighted by Crippen LogP contribution is 2.28. The lowest BCUT2D eigenvalue weighted by atomic mass is 10.0. The normalized spacial score (nSPS) is 10.9. The largest absolute Gasteiger partial charge is 0.370 e. The zero-order chi connectivity index (χ0) is 15.2. The SMILES string of the molecule is CCCNc1ncnc(NCc2noc(C)n2)c1C(C)C. The summed E-state index contributed by atoms with van der Waals surface area (Å²) in [4.78, 5) is 12.9. The molecule has 0 bridgehead atoms. The van der Waals surface area contributed by atoms with Gasteiger partial charge in [-0.3, -0.25) is 0 Å². The summed E-state index contributed by atoms with van der Waals surface area (Å²) in [7, 11) is 0. The molecule has 7 nitrogen and oxygen atoms in total. The van der Waals surface area contributed by atoms with Gasteiger partial charge < -0.3 is 15.2 Å². The summed E-state index contributed by atoms with van der Waals surface area (Å²) in [5, 5.41) is 10.5. The molecule has 0 unspecified atom stereocenters. The van der Waals surface area contributed by atoms with Crippen molar-refractivity contribution in [2.45, 2.75) is 46.6 Å². The van der Waals surface area contributed by atoms with E-state index in [1.165, 1.54) is 0 Å². The highest BCUT2D eigenvalue weighted by molar-refractivity contribution is 5.58. The maximum atomic E-state index is 4.96. The number of hydrogen-bond donors (Lipinski definition) is 2. The molecule has 114 valence electrons. The van der Waals surface area contributed by atoms with Crippen LogP contribution in [0, 0.1) is 6.92 Å². The second-order valence-corrected chi connectivity index (χ2v) is 5.15. The average Bonchev–Trinajstić information content (AvgIpc) is 2.88. The monoisotopic (exact) mass is 290 g/mol. The highest BCUT2D eigenvalue weighted by Gasteiger charge is 2.15. The average molecular weight is 290 g/mol. The van der Waals surface area contributed by atoms with Crippen LogP contribution in [0.5, 0.6) is 0 Å². The summed E-state index contributed by atoms with van der Waals surface area (Å²) in [5.41, 5.74) is 1.08. The van der Waals surface area contributed by atoms with Crippen molar-refractivity contribution in [3.05, 3.63) is 23.6 Å². The Labute approximate surface area is 124 Å². The number of aryl methyl sites for hydroxylation is 1. The van der Waals surface area contributed by atoms with Crippen LogP contribution in [0.25, 0.3) is 0 Å². The molecule has 0 fully saturated rings. The third-order valence-electron chi connectivity index (χ3n) is 2.99. The molecule has 0 aliphatic rings. The van der Waals surface area contributed by atoms with Crippen molar-refractivity contribution in [1.82, 2.24) is 20.1 Å². The summed E-state index contributed by atoms with van der Waals surface area (Å²) >= 11 is 0. The molecule has 21 heavy (non-hydrogen) atoms. The van der Waals surface area contributed by atoms with Crippen molar-refractivity contribution in [1.29, 1.82) is 0 Å². The van der Waals surface area contributed by atoms with E-state index in [0.29, 0.717) is 24.2 Å². The first-order chi connectivity index (χ1) is 10.1. The molecule has 2 rings (SSSR count). The molecule has 2 heterocycles. The molecule has 2 aromatic rings. The van der Waals surface area contributed by atoms with Crippen LogP contribution < -0.4 is 10.6 Å². The molecular formula is C14H22N6O. The molecule has 0 saturated carbocycles. The first kappa shape index (κ1) is 15.2. The fraction of sp³-hybridized carbons (Fsp3) is 0.571. The second kappa shape index (κ2) is 7.01.